The Hall–Kier alpha value is -0.890. The van der Waals surface area contributed by atoms with Gasteiger partial charge in [0.1, 0.15) is 17.6 Å². The van der Waals surface area contributed by atoms with Crippen molar-refractivity contribution in [3.8, 4) is 11.5 Å². The third-order valence-electron chi connectivity index (χ3n) is 4.90. The molecule has 0 saturated heterocycles. The molecule has 0 bridgehead atoms. The van der Waals surface area contributed by atoms with Crippen LogP contribution in [0.4, 0.5) is 0 Å². The van der Waals surface area contributed by atoms with Crippen LogP contribution >= 0.6 is 11.6 Å². The van der Waals surface area contributed by atoms with E-state index >= 15 is 0 Å². The van der Waals surface area contributed by atoms with Crippen molar-refractivity contribution in [1.29, 1.82) is 0 Å². The standard InChI is InChI=1S/C18H27ClO2/c1-7-18(5)15(19)11-16(18)21-14-9-8-12(20-6)10-13(14)17(2,3)4/h8-10,15-16H,7,11H2,1-6H3. The number of alkyl halides is 1. The van der Waals surface area contributed by atoms with E-state index in [4.69, 9.17) is 21.1 Å². The van der Waals surface area contributed by atoms with E-state index in [9.17, 15) is 0 Å². The minimum Gasteiger partial charge on any atom is -0.497 e. The van der Waals surface area contributed by atoms with Crippen molar-refractivity contribution in [1.82, 2.24) is 0 Å². The van der Waals surface area contributed by atoms with Crippen LogP contribution in [-0.2, 0) is 5.41 Å². The molecule has 1 fully saturated rings. The zero-order chi connectivity index (χ0) is 15.8. The van der Waals surface area contributed by atoms with E-state index in [0.29, 0.717) is 0 Å². The molecule has 2 nitrogen and oxygen atoms in total. The Morgan fingerprint density at radius 3 is 2.48 bits per heavy atom. The summed E-state index contributed by atoms with van der Waals surface area (Å²) in [7, 11) is 1.69. The topological polar surface area (TPSA) is 18.5 Å². The van der Waals surface area contributed by atoms with Gasteiger partial charge in [0.15, 0.2) is 0 Å². The maximum atomic E-state index is 6.39. The number of benzene rings is 1. The molecule has 0 aliphatic heterocycles. The highest BCUT2D eigenvalue weighted by molar-refractivity contribution is 6.21. The molecular weight excluding hydrogens is 284 g/mol. The summed E-state index contributed by atoms with van der Waals surface area (Å²) in [5, 5.41) is 0.212. The monoisotopic (exact) mass is 310 g/mol. The Kier molecular flexibility index (Phi) is 4.49. The lowest BCUT2D eigenvalue weighted by Gasteiger charge is -2.50. The molecular formula is C18H27ClO2. The molecule has 1 aromatic rings. The van der Waals surface area contributed by atoms with Gasteiger partial charge >= 0.3 is 0 Å². The van der Waals surface area contributed by atoms with Crippen LogP contribution in [0.1, 0.15) is 53.0 Å². The van der Waals surface area contributed by atoms with Gasteiger partial charge in [0.05, 0.1) is 7.11 Å². The van der Waals surface area contributed by atoms with Gasteiger partial charge < -0.3 is 9.47 Å². The number of halogens is 1. The SMILES string of the molecule is CCC1(C)C(Cl)CC1Oc1ccc(OC)cc1C(C)(C)C. The van der Waals surface area contributed by atoms with Gasteiger partial charge in [-0.1, -0.05) is 34.6 Å². The van der Waals surface area contributed by atoms with E-state index in [2.05, 4.69) is 40.7 Å². The van der Waals surface area contributed by atoms with Crippen LogP contribution in [-0.4, -0.2) is 18.6 Å². The average Bonchev–Trinajstić information content (AvgIpc) is 2.45. The Bertz CT molecular complexity index is 506. The lowest BCUT2D eigenvalue weighted by atomic mass is 9.65. The van der Waals surface area contributed by atoms with Gasteiger partial charge in [0, 0.05) is 22.8 Å². The normalized spacial score (nSPS) is 28.9. The Morgan fingerprint density at radius 1 is 1.33 bits per heavy atom. The zero-order valence-electron chi connectivity index (χ0n) is 14.0. The fourth-order valence-corrected chi connectivity index (χ4v) is 3.33. The number of hydrogen-bond acceptors (Lipinski definition) is 2. The molecule has 0 aromatic heterocycles. The maximum Gasteiger partial charge on any atom is 0.123 e. The van der Waals surface area contributed by atoms with Gasteiger partial charge in [-0.15, -0.1) is 11.6 Å². The van der Waals surface area contributed by atoms with Crippen LogP contribution in [0.25, 0.3) is 0 Å². The summed E-state index contributed by atoms with van der Waals surface area (Å²) in [6.45, 7) is 11.0. The molecule has 0 spiro atoms. The highest BCUT2D eigenvalue weighted by atomic mass is 35.5. The van der Waals surface area contributed by atoms with Gasteiger partial charge in [-0.2, -0.15) is 0 Å². The first-order valence-electron chi connectivity index (χ1n) is 7.71. The summed E-state index contributed by atoms with van der Waals surface area (Å²) in [5.74, 6) is 1.82. The van der Waals surface area contributed by atoms with E-state index in [-0.39, 0.29) is 22.3 Å². The van der Waals surface area contributed by atoms with Gasteiger partial charge in [-0.05, 0) is 30.0 Å². The lowest BCUT2D eigenvalue weighted by molar-refractivity contribution is -0.0304. The fourth-order valence-electron chi connectivity index (χ4n) is 2.88. The fraction of sp³-hybridized carbons (Fsp3) is 0.667. The van der Waals surface area contributed by atoms with Gasteiger partial charge in [-0.3, -0.25) is 0 Å². The summed E-state index contributed by atoms with van der Waals surface area (Å²) in [6.07, 6.45) is 2.15. The molecule has 0 heterocycles. The van der Waals surface area contributed by atoms with Crippen molar-refractivity contribution in [3.05, 3.63) is 23.8 Å². The molecule has 0 N–H and O–H groups in total. The molecule has 2 rings (SSSR count). The predicted octanol–water partition coefficient (Wildman–Crippen LogP) is 5.17. The van der Waals surface area contributed by atoms with Crippen LogP contribution < -0.4 is 9.47 Å². The molecule has 1 aliphatic rings. The molecule has 118 valence electrons. The van der Waals surface area contributed by atoms with Crippen LogP contribution in [0, 0.1) is 5.41 Å². The molecule has 21 heavy (non-hydrogen) atoms. The van der Waals surface area contributed by atoms with E-state index < -0.39 is 0 Å². The smallest absolute Gasteiger partial charge is 0.123 e. The molecule has 3 atom stereocenters. The van der Waals surface area contributed by atoms with Crippen LogP contribution in [0.5, 0.6) is 11.5 Å². The largest absolute Gasteiger partial charge is 0.497 e. The molecule has 0 amide bonds. The Morgan fingerprint density at radius 2 is 2.00 bits per heavy atom. The molecule has 3 heteroatoms. The third-order valence-corrected chi connectivity index (χ3v) is 5.57. The Labute approximate surface area is 133 Å². The van der Waals surface area contributed by atoms with E-state index in [0.717, 1.165) is 24.3 Å². The molecule has 1 aliphatic carbocycles. The first-order chi connectivity index (χ1) is 9.72. The quantitative estimate of drug-likeness (QED) is 0.714. The summed E-state index contributed by atoms with van der Waals surface area (Å²) in [6, 6.07) is 6.07. The van der Waals surface area contributed by atoms with Crippen molar-refractivity contribution in [3.63, 3.8) is 0 Å². The minimum absolute atomic E-state index is 0.0105. The first kappa shape index (κ1) is 16.5. The summed E-state index contributed by atoms with van der Waals surface area (Å²) >= 11 is 6.39. The highest BCUT2D eigenvalue weighted by Gasteiger charge is 2.51. The average molecular weight is 311 g/mol. The zero-order valence-corrected chi connectivity index (χ0v) is 14.8. The number of hydrogen-bond donors (Lipinski definition) is 0. The third kappa shape index (κ3) is 3.01. The van der Waals surface area contributed by atoms with Crippen molar-refractivity contribution in [2.75, 3.05) is 7.11 Å². The second-order valence-electron chi connectivity index (χ2n) is 7.28. The van der Waals surface area contributed by atoms with Crippen molar-refractivity contribution in [2.45, 2.75) is 64.4 Å². The maximum absolute atomic E-state index is 6.39. The van der Waals surface area contributed by atoms with Gasteiger partial charge in [0.2, 0.25) is 0 Å². The Balaban J connectivity index is 2.29. The van der Waals surface area contributed by atoms with E-state index in [1.165, 1.54) is 5.56 Å². The van der Waals surface area contributed by atoms with Crippen LogP contribution in [0.3, 0.4) is 0 Å². The lowest BCUT2D eigenvalue weighted by Crippen LogP contribution is -2.55. The van der Waals surface area contributed by atoms with Crippen LogP contribution in [0.2, 0.25) is 0 Å². The number of ether oxygens (including phenoxy) is 2. The van der Waals surface area contributed by atoms with Gasteiger partial charge in [0.25, 0.3) is 0 Å². The van der Waals surface area contributed by atoms with Crippen molar-refractivity contribution in [2.24, 2.45) is 5.41 Å². The predicted molar refractivity (Wildman–Crippen MR) is 88.8 cm³/mol. The molecule has 1 aromatic carbocycles. The number of rotatable bonds is 4. The second-order valence-corrected chi connectivity index (χ2v) is 7.81. The first-order valence-corrected chi connectivity index (χ1v) is 8.15. The highest BCUT2D eigenvalue weighted by Crippen LogP contribution is 2.50. The van der Waals surface area contributed by atoms with Crippen molar-refractivity contribution < 1.29 is 9.47 Å². The summed E-state index contributed by atoms with van der Waals surface area (Å²) in [4.78, 5) is 0. The molecule has 3 unspecified atom stereocenters. The molecule has 1 saturated carbocycles. The number of methoxy groups -OCH3 is 1. The van der Waals surface area contributed by atoms with E-state index in [1.807, 2.05) is 12.1 Å². The van der Waals surface area contributed by atoms with Crippen LogP contribution in [0.15, 0.2) is 18.2 Å². The van der Waals surface area contributed by atoms with E-state index in [1.54, 1.807) is 7.11 Å². The second kappa shape index (κ2) is 5.72. The van der Waals surface area contributed by atoms with Crippen molar-refractivity contribution >= 4 is 11.6 Å². The summed E-state index contributed by atoms with van der Waals surface area (Å²) < 4.78 is 11.7. The molecule has 0 radical (unpaired) electrons. The minimum atomic E-state index is 0.0105. The summed E-state index contributed by atoms with van der Waals surface area (Å²) in [5.41, 5.74) is 1.26. The van der Waals surface area contributed by atoms with Gasteiger partial charge in [-0.25, -0.2) is 0 Å².